The molecule has 0 saturated heterocycles. The van der Waals surface area contributed by atoms with E-state index in [2.05, 4.69) is 17.5 Å². The van der Waals surface area contributed by atoms with Crippen molar-refractivity contribution in [2.24, 2.45) is 0 Å². The third-order valence-corrected chi connectivity index (χ3v) is 15.6. The van der Waals surface area contributed by atoms with Crippen molar-refractivity contribution in [1.82, 2.24) is 0 Å². The van der Waals surface area contributed by atoms with Crippen LogP contribution in [0.4, 0.5) is 0 Å². The fourth-order valence-electron chi connectivity index (χ4n) is 0.289. The van der Waals surface area contributed by atoms with Crippen LogP contribution in [0.1, 0.15) is 0 Å². The van der Waals surface area contributed by atoms with Crippen molar-refractivity contribution in [3.8, 4) is 0 Å². The van der Waals surface area contributed by atoms with Crippen LogP contribution < -0.4 is 0 Å². The van der Waals surface area contributed by atoms with Gasteiger partial charge in [0.15, 0.2) is 0 Å². The summed E-state index contributed by atoms with van der Waals surface area (Å²) in [6.45, 7) is 0. The Kier molecular flexibility index (Phi) is 6.96. The number of hydrogen-bond donors (Lipinski definition) is 0. The van der Waals surface area contributed by atoms with Crippen molar-refractivity contribution in [2.75, 3.05) is 0 Å². The molecule has 0 aromatic carbocycles. The predicted molar refractivity (Wildman–Crippen MR) is 38.6 cm³/mol. The summed E-state index contributed by atoms with van der Waals surface area (Å²) >= 11 is 2.84. The first kappa shape index (κ1) is 8.56. The Morgan fingerprint density at radius 2 is 1.14 bits per heavy atom. The molecule has 3 heteroatoms. The van der Waals surface area contributed by atoms with Gasteiger partial charge in [0.05, 0.1) is 0 Å². The predicted octanol–water partition coefficient (Wildman–Crippen LogP) is 0.947. The second-order valence-corrected chi connectivity index (χ2v) is 11.5. The first-order valence-electron chi connectivity index (χ1n) is 1.93. The normalized spacial score (nSPS) is 10.3. The maximum absolute atomic E-state index is 2.36. The van der Waals surface area contributed by atoms with E-state index in [0.717, 1.165) is 44.9 Å². The van der Waals surface area contributed by atoms with Gasteiger partial charge in [0, 0.05) is 0 Å². The molecule has 0 aromatic heterocycles. The summed E-state index contributed by atoms with van der Waals surface area (Å²) in [6.07, 6.45) is 0. The van der Waals surface area contributed by atoms with E-state index in [4.69, 9.17) is 0 Å². The van der Waals surface area contributed by atoms with Gasteiger partial charge in [-0.05, 0) is 0 Å². The molecule has 0 bridgehead atoms. The number of rotatable bonds is 3. The average molecular weight is 295 g/mol. The number of hydrogen-bond acceptors (Lipinski definition) is 0. The van der Waals surface area contributed by atoms with Gasteiger partial charge in [-0.3, -0.25) is 0 Å². The topological polar surface area (TPSA) is 0 Å². The molecule has 0 aliphatic rings. The Balaban J connectivity index is 2.99. The van der Waals surface area contributed by atoms with Crippen molar-refractivity contribution in [1.29, 1.82) is 0 Å². The molecular formula is C4H10Se3. The van der Waals surface area contributed by atoms with Gasteiger partial charge in [-0.15, -0.1) is 0 Å². The summed E-state index contributed by atoms with van der Waals surface area (Å²) in [5, 5.41) is 0. The minimum absolute atomic E-state index is 0.948. The molecule has 7 heavy (non-hydrogen) atoms. The third-order valence-electron chi connectivity index (χ3n) is 0.577. The van der Waals surface area contributed by atoms with Crippen LogP contribution in [0.25, 0.3) is 0 Å². The molecule has 44 valence electrons. The van der Waals surface area contributed by atoms with Crippen LogP contribution in [0.15, 0.2) is 0 Å². The molecule has 0 spiro atoms. The van der Waals surface area contributed by atoms with E-state index in [1.54, 1.807) is 0 Å². The molecule has 0 radical (unpaired) electrons. The summed E-state index contributed by atoms with van der Waals surface area (Å²) in [6, 6.07) is 0. The molecule has 0 atom stereocenters. The average Bonchev–Trinajstić information content (AvgIpc) is 1.72. The van der Waals surface area contributed by atoms with E-state index >= 15 is 0 Å². The van der Waals surface area contributed by atoms with E-state index < -0.39 is 0 Å². The summed E-state index contributed by atoms with van der Waals surface area (Å²) in [5.74, 6) is 7.07. The second kappa shape index (κ2) is 5.69. The molecule has 0 aliphatic carbocycles. The minimum atomic E-state index is 0.948. The van der Waals surface area contributed by atoms with Gasteiger partial charge in [0.25, 0.3) is 0 Å². The van der Waals surface area contributed by atoms with Gasteiger partial charge in [-0.25, -0.2) is 0 Å². The Morgan fingerprint density at radius 1 is 0.857 bits per heavy atom. The Bertz CT molecular complexity index is 28.4. The Morgan fingerprint density at radius 3 is 1.14 bits per heavy atom. The van der Waals surface area contributed by atoms with Crippen molar-refractivity contribution < 1.29 is 0 Å². The van der Waals surface area contributed by atoms with Crippen molar-refractivity contribution in [3.05, 3.63) is 0 Å². The molecule has 0 unspecified atom stereocenters. The SMILES string of the molecule is C[Se]C([Se]C)[Se]C. The molecular weight excluding hydrogens is 285 g/mol. The van der Waals surface area contributed by atoms with Crippen molar-refractivity contribution in [2.45, 2.75) is 20.1 Å². The standard InChI is InChI=1S/C4H10Se3/c1-5-4(6-2)7-3/h4H,1-3H3. The second-order valence-electron chi connectivity index (χ2n) is 0.996. The zero-order chi connectivity index (χ0) is 5.70. The van der Waals surface area contributed by atoms with Crippen LogP contribution in [-0.4, -0.2) is 44.9 Å². The summed E-state index contributed by atoms with van der Waals surface area (Å²) in [4.78, 5) is 0. The van der Waals surface area contributed by atoms with Crippen LogP contribution in [0.3, 0.4) is 0 Å². The van der Waals surface area contributed by atoms with Gasteiger partial charge in [0.1, 0.15) is 0 Å². The van der Waals surface area contributed by atoms with Gasteiger partial charge < -0.3 is 0 Å². The van der Waals surface area contributed by atoms with E-state index in [1.165, 1.54) is 2.61 Å². The molecule has 0 aromatic rings. The first-order valence-corrected chi connectivity index (χ1v) is 10.0. The molecule has 0 aliphatic heterocycles. The van der Waals surface area contributed by atoms with E-state index in [-0.39, 0.29) is 0 Å². The molecule has 0 heterocycles. The fourth-order valence-corrected chi connectivity index (χ4v) is 7.79. The van der Waals surface area contributed by atoms with Gasteiger partial charge in [-0.2, -0.15) is 0 Å². The maximum atomic E-state index is 2.36. The zero-order valence-electron chi connectivity index (χ0n) is 4.80. The quantitative estimate of drug-likeness (QED) is 0.680. The zero-order valence-corrected chi connectivity index (χ0v) is 9.94. The molecule has 0 N–H and O–H groups in total. The Labute approximate surface area is 64.7 Å². The van der Waals surface area contributed by atoms with Crippen molar-refractivity contribution in [3.63, 3.8) is 0 Å². The summed E-state index contributed by atoms with van der Waals surface area (Å²) < 4.78 is 1.17. The van der Waals surface area contributed by atoms with Crippen LogP contribution in [0.5, 0.6) is 0 Å². The fraction of sp³-hybridized carbons (Fsp3) is 1.00. The van der Waals surface area contributed by atoms with E-state index in [9.17, 15) is 0 Å². The van der Waals surface area contributed by atoms with Crippen LogP contribution in [-0.2, 0) is 0 Å². The van der Waals surface area contributed by atoms with Crippen molar-refractivity contribution >= 4 is 44.9 Å². The Hall–Kier alpha value is 1.56. The van der Waals surface area contributed by atoms with Gasteiger partial charge in [0.2, 0.25) is 0 Å². The monoisotopic (exact) mass is 298 g/mol. The van der Waals surface area contributed by atoms with Crippen LogP contribution in [0.2, 0.25) is 20.1 Å². The molecule has 0 amide bonds. The molecule has 0 fully saturated rings. The third kappa shape index (κ3) is 4.09. The summed E-state index contributed by atoms with van der Waals surface area (Å²) in [7, 11) is 0. The molecule has 0 rings (SSSR count). The summed E-state index contributed by atoms with van der Waals surface area (Å²) in [5.41, 5.74) is 0. The van der Waals surface area contributed by atoms with Gasteiger partial charge in [-0.1, -0.05) is 0 Å². The van der Waals surface area contributed by atoms with Gasteiger partial charge >= 0.3 is 64.9 Å². The van der Waals surface area contributed by atoms with Crippen LogP contribution in [0, 0.1) is 0 Å². The molecule has 0 saturated carbocycles. The molecule has 0 nitrogen and oxygen atoms in total. The first-order chi connectivity index (χ1) is 3.35. The van der Waals surface area contributed by atoms with E-state index in [1.807, 2.05) is 0 Å². The van der Waals surface area contributed by atoms with Crippen LogP contribution >= 0.6 is 0 Å². The van der Waals surface area contributed by atoms with E-state index in [0.29, 0.717) is 0 Å².